The molecule has 1 aromatic carbocycles. The van der Waals surface area contributed by atoms with Gasteiger partial charge in [-0.05, 0) is 44.9 Å². The lowest BCUT2D eigenvalue weighted by atomic mass is 10.0. The molecule has 1 saturated heterocycles. The van der Waals surface area contributed by atoms with E-state index in [1.165, 1.54) is 24.2 Å². The number of carbonyl (C=O) groups excluding carboxylic acids is 2. The van der Waals surface area contributed by atoms with Crippen LogP contribution in [0.1, 0.15) is 71.8 Å². The van der Waals surface area contributed by atoms with Gasteiger partial charge in [-0.1, -0.05) is 51.2 Å². The minimum Gasteiger partial charge on any atom is -0.494 e. The van der Waals surface area contributed by atoms with Crippen LogP contribution in [0, 0.1) is 0 Å². The summed E-state index contributed by atoms with van der Waals surface area (Å²) < 4.78 is 11.4. The molecule has 2 aliphatic rings. The predicted octanol–water partition coefficient (Wildman–Crippen LogP) is 4.63. The van der Waals surface area contributed by atoms with Crippen molar-refractivity contribution in [1.29, 1.82) is 0 Å². The standard InChI is InChI=1S/C26H38N2O4/c1-5-7-8-9-10-11-16-28-25(29)23(21-12-14-22(15-13-21)31-6-2)24(26(28)30)27-17-19(3)32-20(4)18-27/h12-15,19-20H,5-11,16-18H2,1-4H3. The summed E-state index contributed by atoms with van der Waals surface area (Å²) in [5.74, 6) is 0.399. The second-order valence-electron chi connectivity index (χ2n) is 8.87. The third kappa shape index (κ3) is 5.71. The maximum absolute atomic E-state index is 13.5. The number of ether oxygens (including phenoxy) is 2. The van der Waals surface area contributed by atoms with Gasteiger partial charge in [0.05, 0.1) is 24.4 Å². The zero-order valence-electron chi connectivity index (χ0n) is 20.1. The van der Waals surface area contributed by atoms with Gasteiger partial charge in [0.15, 0.2) is 0 Å². The Morgan fingerprint density at radius 1 is 0.906 bits per heavy atom. The molecule has 0 bridgehead atoms. The number of hydrogen-bond donors (Lipinski definition) is 0. The second-order valence-corrected chi connectivity index (χ2v) is 8.87. The van der Waals surface area contributed by atoms with Crippen molar-refractivity contribution in [3.05, 3.63) is 35.5 Å². The van der Waals surface area contributed by atoms with Crippen molar-refractivity contribution >= 4 is 17.4 Å². The van der Waals surface area contributed by atoms with Gasteiger partial charge in [0.2, 0.25) is 0 Å². The van der Waals surface area contributed by atoms with E-state index in [1.54, 1.807) is 0 Å². The molecule has 176 valence electrons. The molecule has 0 saturated carbocycles. The minimum absolute atomic E-state index is 0.00310. The van der Waals surface area contributed by atoms with Crippen LogP contribution in [0.25, 0.3) is 5.57 Å². The Morgan fingerprint density at radius 3 is 2.16 bits per heavy atom. The molecule has 2 unspecified atom stereocenters. The Morgan fingerprint density at radius 2 is 1.53 bits per heavy atom. The highest BCUT2D eigenvalue weighted by Crippen LogP contribution is 2.34. The molecule has 6 heteroatoms. The van der Waals surface area contributed by atoms with Gasteiger partial charge in [0, 0.05) is 19.6 Å². The highest BCUT2D eigenvalue weighted by molar-refractivity contribution is 6.35. The van der Waals surface area contributed by atoms with E-state index in [4.69, 9.17) is 9.47 Å². The van der Waals surface area contributed by atoms with E-state index in [2.05, 4.69) is 6.92 Å². The van der Waals surface area contributed by atoms with Crippen molar-refractivity contribution in [2.75, 3.05) is 26.2 Å². The average molecular weight is 443 g/mol. The Labute approximate surface area is 192 Å². The lowest BCUT2D eigenvalue weighted by Crippen LogP contribution is -2.47. The quantitative estimate of drug-likeness (QED) is 0.369. The van der Waals surface area contributed by atoms with Gasteiger partial charge in [0.1, 0.15) is 11.4 Å². The Kier molecular flexibility index (Phi) is 8.74. The average Bonchev–Trinajstić information content (AvgIpc) is 3.01. The van der Waals surface area contributed by atoms with E-state index in [1.807, 2.05) is 49.9 Å². The molecule has 2 amide bonds. The maximum atomic E-state index is 13.5. The number of benzene rings is 1. The summed E-state index contributed by atoms with van der Waals surface area (Å²) in [4.78, 5) is 30.5. The summed E-state index contributed by atoms with van der Waals surface area (Å²) in [6.07, 6.45) is 6.70. The molecule has 2 heterocycles. The van der Waals surface area contributed by atoms with Crippen LogP contribution >= 0.6 is 0 Å². The molecular formula is C26H38N2O4. The summed E-state index contributed by atoms with van der Waals surface area (Å²) in [7, 11) is 0. The van der Waals surface area contributed by atoms with Gasteiger partial charge in [-0.25, -0.2) is 0 Å². The van der Waals surface area contributed by atoms with E-state index < -0.39 is 0 Å². The highest BCUT2D eigenvalue weighted by atomic mass is 16.5. The first kappa shape index (κ1) is 24.3. The molecule has 1 aromatic rings. The molecule has 0 radical (unpaired) electrons. The van der Waals surface area contributed by atoms with E-state index in [-0.39, 0.29) is 24.0 Å². The normalized spacial score (nSPS) is 21.6. The Hall–Kier alpha value is -2.34. The first-order valence-electron chi connectivity index (χ1n) is 12.2. The largest absolute Gasteiger partial charge is 0.494 e. The first-order chi connectivity index (χ1) is 15.5. The van der Waals surface area contributed by atoms with Crippen molar-refractivity contribution in [2.24, 2.45) is 0 Å². The van der Waals surface area contributed by atoms with Gasteiger partial charge in [-0.15, -0.1) is 0 Å². The summed E-state index contributed by atoms with van der Waals surface area (Å²) in [6, 6.07) is 7.49. The smallest absolute Gasteiger partial charge is 0.277 e. The number of unbranched alkanes of at least 4 members (excludes halogenated alkanes) is 5. The molecule has 2 aliphatic heterocycles. The van der Waals surface area contributed by atoms with Crippen LogP contribution < -0.4 is 4.74 Å². The van der Waals surface area contributed by atoms with E-state index in [0.29, 0.717) is 37.5 Å². The number of carbonyl (C=O) groups is 2. The van der Waals surface area contributed by atoms with Crippen molar-refractivity contribution in [3.8, 4) is 5.75 Å². The van der Waals surface area contributed by atoms with Crippen LogP contribution in [0.2, 0.25) is 0 Å². The van der Waals surface area contributed by atoms with E-state index in [9.17, 15) is 9.59 Å². The second kappa shape index (κ2) is 11.5. The Bertz CT molecular complexity index is 808. The first-order valence-corrected chi connectivity index (χ1v) is 12.2. The predicted molar refractivity (Wildman–Crippen MR) is 126 cm³/mol. The SMILES string of the molecule is CCCCCCCCN1C(=O)C(c2ccc(OCC)cc2)=C(N2CC(C)OC(C)C2)C1=O. The number of amides is 2. The monoisotopic (exact) mass is 442 g/mol. The van der Waals surface area contributed by atoms with Gasteiger partial charge >= 0.3 is 0 Å². The fourth-order valence-corrected chi connectivity index (χ4v) is 4.62. The molecule has 1 fully saturated rings. The van der Waals surface area contributed by atoms with Crippen LogP contribution in [0.15, 0.2) is 30.0 Å². The molecule has 0 aliphatic carbocycles. The van der Waals surface area contributed by atoms with Crippen LogP contribution in [0.5, 0.6) is 5.75 Å². The zero-order valence-corrected chi connectivity index (χ0v) is 20.1. The third-order valence-electron chi connectivity index (χ3n) is 6.07. The van der Waals surface area contributed by atoms with Crippen molar-refractivity contribution in [3.63, 3.8) is 0 Å². The molecule has 32 heavy (non-hydrogen) atoms. The van der Waals surface area contributed by atoms with Crippen LogP contribution in [-0.4, -0.2) is 60.1 Å². The third-order valence-corrected chi connectivity index (χ3v) is 6.07. The van der Waals surface area contributed by atoms with Crippen molar-refractivity contribution in [1.82, 2.24) is 9.80 Å². The lowest BCUT2D eigenvalue weighted by Gasteiger charge is -2.37. The number of morpholine rings is 1. The molecule has 0 spiro atoms. The van der Waals surface area contributed by atoms with Gasteiger partial charge in [0.25, 0.3) is 11.8 Å². The lowest BCUT2D eigenvalue weighted by molar-refractivity contribution is -0.138. The topological polar surface area (TPSA) is 59.1 Å². The number of hydrogen-bond acceptors (Lipinski definition) is 5. The minimum atomic E-state index is -0.186. The van der Waals surface area contributed by atoms with E-state index >= 15 is 0 Å². The molecule has 6 nitrogen and oxygen atoms in total. The molecule has 0 aromatic heterocycles. The summed E-state index contributed by atoms with van der Waals surface area (Å²) in [5.41, 5.74) is 1.79. The summed E-state index contributed by atoms with van der Waals surface area (Å²) in [6.45, 7) is 10.4. The molecule has 0 N–H and O–H groups in total. The van der Waals surface area contributed by atoms with Crippen molar-refractivity contribution < 1.29 is 19.1 Å². The van der Waals surface area contributed by atoms with Crippen LogP contribution in [0.3, 0.4) is 0 Å². The van der Waals surface area contributed by atoms with E-state index in [0.717, 1.165) is 30.6 Å². The fourth-order valence-electron chi connectivity index (χ4n) is 4.62. The van der Waals surface area contributed by atoms with Gasteiger partial charge in [-0.3, -0.25) is 14.5 Å². The van der Waals surface area contributed by atoms with Crippen LogP contribution in [0.4, 0.5) is 0 Å². The molecular weight excluding hydrogens is 404 g/mol. The van der Waals surface area contributed by atoms with Crippen LogP contribution in [-0.2, 0) is 14.3 Å². The Balaban J connectivity index is 1.84. The number of rotatable bonds is 11. The summed E-state index contributed by atoms with van der Waals surface area (Å²) >= 11 is 0. The van der Waals surface area contributed by atoms with Crippen molar-refractivity contribution in [2.45, 2.75) is 78.4 Å². The molecule has 2 atom stereocenters. The highest BCUT2D eigenvalue weighted by Gasteiger charge is 2.42. The van der Waals surface area contributed by atoms with Gasteiger partial charge < -0.3 is 14.4 Å². The summed E-state index contributed by atoms with van der Waals surface area (Å²) in [5, 5.41) is 0. The zero-order chi connectivity index (χ0) is 23.1. The number of nitrogens with zero attached hydrogens (tertiary/aromatic N) is 2. The fraction of sp³-hybridized carbons (Fsp3) is 0.615. The van der Waals surface area contributed by atoms with Gasteiger partial charge in [-0.2, -0.15) is 0 Å². The number of imide groups is 1. The molecule has 3 rings (SSSR count). The maximum Gasteiger partial charge on any atom is 0.277 e.